The van der Waals surface area contributed by atoms with Gasteiger partial charge in [-0.15, -0.1) is 0 Å². The molecule has 2 amide bonds. The van der Waals surface area contributed by atoms with Crippen LogP contribution in [0.15, 0.2) is 42.5 Å². The van der Waals surface area contributed by atoms with Crippen LogP contribution in [0.5, 0.6) is 5.75 Å². The number of carbonyl (C=O) groups excluding carboxylic acids is 1. The maximum atomic E-state index is 12.3. The van der Waals surface area contributed by atoms with Crippen molar-refractivity contribution < 1.29 is 9.53 Å². The van der Waals surface area contributed by atoms with Crippen molar-refractivity contribution in [2.45, 2.75) is 57.5 Å². The van der Waals surface area contributed by atoms with Gasteiger partial charge in [-0.25, -0.2) is 9.80 Å². The average Bonchev–Trinajstić information content (AvgIpc) is 3.09. The minimum absolute atomic E-state index is 0.123. The van der Waals surface area contributed by atoms with E-state index in [0.717, 1.165) is 29.8 Å². The molecule has 2 fully saturated rings. The van der Waals surface area contributed by atoms with Crippen molar-refractivity contribution in [3.05, 3.63) is 42.5 Å². The molecule has 2 aliphatic carbocycles. The highest BCUT2D eigenvalue weighted by Crippen LogP contribution is 2.47. The maximum absolute atomic E-state index is 12.3. The van der Waals surface area contributed by atoms with Gasteiger partial charge in [0.1, 0.15) is 5.75 Å². The van der Waals surface area contributed by atoms with E-state index in [9.17, 15) is 4.79 Å². The van der Waals surface area contributed by atoms with Crippen molar-refractivity contribution in [3.8, 4) is 17.0 Å². The number of anilines is 2. The number of ether oxygens (including phenoxy) is 1. The molecule has 5 rings (SSSR count). The zero-order chi connectivity index (χ0) is 24.5. The number of urea groups is 1. The van der Waals surface area contributed by atoms with E-state index in [-0.39, 0.29) is 6.03 Å². The second-order valence-electron chi connectivity index (χ2n) is 9.94. The minimum atomic E-state index is -0.123. The van der Waals surface area contributed by atoms with E-state index in [1.807, 2.05) is 19.1 Å². The standard InChI is InChI=1S/C28H37N5O2/c1-5-35-23-16-17-24-25(18-23)33(22-10-7-11-22)26(27(24)32(4)31(2)3)19-12-14-21(15-13-19)30-28(34)29-20-8-6-9-20/h12-18,20,22H,5-11H2,1-4H3,(H2,29,30,34). The van der Waals surface area contributed by atoms with E-state index >= 15 is 0 Å². The summed E-state index contributed by atoms with van der Waals surface area (Å²) in [7, 11) is 6.25. The van der Waals surface area contributed by atoms with Crippen LogP contribution in [0.3, 0.4) is 0 Å². The Morgan fingerprint density at radius 2 is 1.74 bits per heavy atom. The molecular weight excluding hydrogens is 438 g/mol. The molecule has 2 saturated carbocycles. The molecule has 186 valence electrons. The first kappa shape index (κ1) is 23.5. The predicted molar refractivity (Wildman–Crippen MR) is 143 cm³/mol. The molecule has 0 atom stereocenters. The molecule has 35 heavy (non-hydrogen) atoms. The molecule has 7 heteroatoms. The highest BCUT2D eigenvalue weighted by molar-refractivity contribution is 6.03. The van der Waals surface area contributed by atoms with Crippen LogP contribution >= 0.6 is 0 Å². The smallest absolute Gasteiger partial charge is 0.319 e. The molecule has 0 unspecified atom stereocenters. The van der Waals surface area contributed by atoms with Crippen LogP contribution in [0.4, 0.5) is 16.2 Å². The first-order valence-corrected chi connectivity index (χ1v) is 12.9. The van der Waals surface area contributed by atoms with Crippen LogP contribution in [-0.2, 0) is 0 Å². The van der Waals surface area contributed by atoms with Gasteiger partial charge in [-0.1, -0.05) is 12.1 Å². The average molecular weight is 476 g/mol. The highest BCUT2D eigenvalue weighted by Gasteiger charge is 2.30. The molecule has 0 saturated heterocycles. The summed E-state index contributed by atoms with van der Waals surface area (Å²) in [4.78, 5) is 12.3. The minimum Gasteiger partial charge on any atom is -0.494 e. The number of amides is 2. The molecule has 3 aromatic rings. The molecule has 2 N–H and O–H groups in total. The SMILES string of the molecule is CCOc1ccc2c(N(C)N(C)C)c(-c3ccc(NC(=O)NC4CCC4)cc3)n(C3CCC3)c2c1. The molecule has 1 aromatic heterocycles. The number of nitrogens with zero attached hydrogens (tertiary/aromatic N) is 3. The molecule has 0 aliphatic heterocycles. The van der Waals surface area contributed by atoms with Crippen molar-refractivity contribution in [1.29, 1.82) is 0 Å². The third-order valence-corrected chi connectivity index (χ3v) is 7.48. The molecular formula is C28H37N5O2. The summed E-state index contributed by atoms with van der Waals surface area (Å²) in [5.41, 5.74) is 5.54. The van der Waals surface area contributed by atoms with Gasteiger partial charge in [-0.3, -0.25) is 0 Å². The van der Waals surface area contributed by atoms with Crippen molar-refractivity contribution in [3.63, 3.8) is 0 Å². The lowest BCUT2D eigenvalue weighted by Crippen LogP contribution is -2.41. The van der Waals surface area contributed by atoms with Crippen LogP contribution in [-0.4, -0.2) is 49.4 Å². The Kier molecular flexibility index (Phi) is 6.60. The number of hydrogen-bond acceptors (Lipinski definition) is 4. The summed E-state index contributed by atoms with van der Waals surface area (Å²) < 4.78 is 8.39. The lowest BCUT2D eigenvalue weighted by atomic mass is 9.92. The van der Waals surface area contributed by atoms with Crippen molar-refractivity contribution in [2.75, 3.05) is 38.1 Å². The number of benzene rings is 2. The van der Waals surface area contributed by atoms with E-state index < -0.39 is 0 Å². The summed E-state index contributed by atoms with van der Waals surface area (Å²) in [6.45, 7) is 2.67. The molecule has 7 nitrogen and oxygen atoms in total. The second kappa shape index (κ2) is 9.82. The first-order chi connectivity index (χ1) is 17.0. The van der Waals surface area contributed by atoms with Crippen LogP contribution in [0.25, 0.3) is 22.2 Å². The van der Waals surface area contributed by atoms with Crippen molar-refractivity contribution in [2.24, 2.45) is 0 Å². The van der Waals surface area contributed by atoms with Crippen LogP contribution in [0, 0.1) is 0 Å². The van der Waals surface area contributed by atoms with Gasteiger partial charge in [-0.05, 0) is 69.7 Å². The number of fused-ring (bicyclic) bond motifs is 1. The fraction of sp³-hybridized carbons (Fsp3) is 0.464. The van der Waals surface area contributed by atoms with Gasteiger partial charge in [0.25, 0.3) is 0 Å². The first-order valence-electron chi connectivity index (χ1n) is 12.9. The number of hydrogen-bond donors (Lipinski definition) is 2. The van der Waals surface area contributed by atoms with E-state index in [0.29, 0.717) is 18.7 Å². The Hall–Kier alpha value is -3.19. The lowest BCUT2D eigenvalue weighted by Gasteiger charge is -2.32. The van der Waals surface area contributed by atoms with Crippen LogP contribution in [0.2, 0.25) is 0 Å². The third-order valence-electron chi connectivity index (χ3n) is 7.48. The lowest BCUT2D eigenvalue weighted by molar-refractivity contribution is 0.240. The molecule has 0 radical (unpaired) electrons. The van der Waals surface area contributed by atoms with E-state index in [2.05, 4.69) is 76.7 Å². The summed E-state index contributed by atoms with van der Waals surface area (Å²) in [5, 5.41) is 11.6. The normalized spacial score (nSPS) is 16.1. The van der Waals surface area contributed by atoms with Gasteiger partial charge in [0.05, 0.1) is 23.5 Å². The van der Waals surface area contributed by atoms with E-state index in [1.54, 1.807) is 0 Å². The molecule has 1 heterocycles. The van der Waals surface area contributed by atoms with Crippen molar-refractivity contribution >= 4 is 28.3 Å². The van der Waals surface area contributed by atoms with Gasteiger partial charge in [0.15, 0.2) is 0 Å². The monoisotopic (exact) mass is 475 g/mol. The number of carbonyl (C=O) groups is 1. The quantitative estimate of drug-likeness (QED) is 0.391. The number of rotatable bonds is 8. The maximum Gasteiger partial charge on any atom is 0.319 e. The Morgan fingerprint density at radius 1 is 1.03 bits per heavy atom. The summed E-state index contributed by atoms with van der Waals surface area (Å²) in [5.74, 6) is 0.903. The number of aromatic nitrogens is 1. The largest absolute Gasteiger partial charge is 0.494 e. The van der Waals surface area contributed by atoms with Gasteiger partial charge < -0.3 is 24.9 Å². The molecule has 2 aliphatic rings. The summed E-state index contributed by atoms with van der Waals surface area (Å²) >= 11 is 0. The van der Waals surface area contributed by atoms with Crippen LogP contribution < -0.4 is 20.4 Å². The fourth-order valence-corrected chi connectivity index (χ4v) is 4.97. The van der Waals surface area contributed by atoms with Crippen molar-refractivity contribution in [1.82, 2.24) is 14.9 Å². The van der Waals surface area contributed by atoms with Gasteiger partial charge in [-0.2, -0.15) is 0 Å². The van der Waals surface area contributed by atoms with Gasteiger partial charge in [0, 0.05) is 55.9 Å². The van der Waals surface area contributed by atoms with Gasteiger partial charge in [0.2, 0.25) is 0 Å². The van der Waals surface area contributed by atoms with E-state index in [4.69, 9.17) is 4.74 Å². The second-order valence-corrected chi connectivity index (χ2v) is 9.94. The zero-order valence-electron chi connectivity index (χ0n) is 21.3. The molecule has 0 spiro atoms. The summed E-state index contributed by atoms with van der Waals surface area (Å²) in [6, 6.07) is 15.4. The number of hydrazine groups is 1. The zero-order valence-corrected chi connectivity index (χ0v) is 21.3. The molecule has 2 aromatic carbocycles. The topological polar surface area (TPSA) is 61.8 Å². The fourth-order valence-electron chi connectivity index (χ4n) is 4.97. The third kappa shape index (κ3) is 4.57. The Morgan fingerprint density at radius 3 is 2.31 bits per heavy atom. The Bertz CT molecular complexity index is 1190. The van der Waals surface area contributed by atoms with Gasteiger partial charge >= 0.3 is 6.03 Å². The Balaban J connectivity index is 1.57. The highest BCUT2D eigenvalue weighted by atomic mass is 16.5. The molecule has 0 bridgehead atoms. The number of nitrogens with one attached hydrogen (secondary N) is 2. The Labute approximate surface area is 208 Å². The predicted octanol–water partition coefficient (Wildman–Crippen LogP) is 6.02. The van der Waals surface area contributed by atoms with E-state index in [1.165, 1.54) is 48.0 Å². The summed E-state index contributed by atoms with van der Waals surface area (Å²) in [6.07, 6.45) is 6.97. The van der Waals surface area contributed by atoms with Crippen LogP contribution in [0.1, 0.15) is 51.5 Å².